The lowest BCUT2D eigenvalue weighted by molar-refractivity contribution is -0.0656. The van der Waals surface area contributed by atoms with Crippen LogP contribution in [0, 0.1) is 0 Å². The molecule has 2 aliphatic heterocycles. The maximum Gasteiger partial charge on any atom is 0.0593 e. The molecule has 1 N–H and O–H groups in total. The van der Waals surface area contributed by atoms with E-state index in [1.165, 1.54) is 18.4 Å². The Labute approximate surface area is 164 Å². The van der Waals surface area contributed by atoms with E-state index in [0.29, 0.717) is 12.0 Å². The second kappa shape index (κ2) is 8.17. The predicted octanol–water partition coefficient (Wildman–Crippen LogP) is 3.27. The minimum atomic E-state index is 0.234. The number of aromatic nitrogens is 1. The Hall–Kier alpha value is -1.27. The van der Waals surface area contributed by atoms with Crippen molar-refractivity contribution in [3.05, 3.63) is 64.4 Å². The first-order chi connectivity index (χ1) is 12.8. The number of hydrogen-bond acceptors (Lipinski definition) is 4. The van der Waals surface area contributed by atoms with Gasteiger partial charge >= 0.3 is 0 Å². The summed E-state index contributed by atoms with van der Waals surface area (Å²) in [5.41, 5.74) is 2.48. The van der Waals surface area contributed by atoms with Gasteiger partial charge in [0.2, 0.25) is 0 Å². The molecule has 138 valence electrons. The molecule has 0 radical (unpaired) electrons. The molecule has 0 aliphatic carbocycles. The Morgan fingerprint density at radius 1 is 1.08 bits per heavy atom. The molecule has 3 heterocycles. The van der Waals surface area contributed by atoms with E-state index in [0.717, 1.165) is 36.3 Å². The zero-order valence-electron chi connectivity index (χ0n) is 15.0. The smallest absolute Gasteiger partial charge is 0.0593 e. The SMILES string of the molecule is OC[C@H]1[C@H](c2ccc(Br)cc2)[C@@H]2CN(Cc3ccccn3)CCCCN12. The van der Waals surface area contributed by atoms with Gasteiger partial charge in [0, 0.05) is 41.8 Å². The molecule has 4 rings (SSSR count). The van der Waals surface area contributed by atoms with Crippen LogP contribution in [0.3, 0.4) is 0 Å². The van der Waals surface area contributed by atoms with E-state index in [1.807, 2.05) is 12.3 Å². The summed E-state index contributed by atoms with van der Waals surface area (Å²) in [6, 6.07) is 15.5. The Bertz CT molecular complexity index is 709. The summed E-state index contributed by atoms with van der Waals surface area (Å²) < 4.78 is 1.10. The van der Waals surface area contributed by atoms with Crippen LogP contribution in [0.15, 0.2) is 53.1 Å². The van der Waals surface area contributed by atoms with Gasteiger partial charge in [-0.3, -0.25) is 14.8 Å². The number of pyridine rings is 1. The number of hydrogen-bond donors (Lipinski definition) is 1. The fraction of sp³-hybridized carbons (Fsp3) is 0.476. The second-order valence-electron chi connectivity index (χ2n) is 7.40. The molecule has 1 aromatic carbocycles. The monoisotopic (exact) mass is 415 g/mol. The van der Waals surface area contributed by atoms with Crippen molar-refractivity contribution in [2.45, 2.75) is 37.4 Å². The second-order valence-corrected chi connectivity index (χ2v) is 8.31. The molecule has 26 heavy (non-hydrogen) atoms. The molecule has 2 aromatic rings. The molecule has 2 fully saturated rings. The van der Waals surface area contributed by atoms with Crippen molar-refractivity contribution >= 4 is 15.9 Å². The summed E-state index contributed by atoms with van der Waals surface area (Å²) in [5, 5.41) is 10.00. The largest absolute Gasteiger partial charge is 0.395 e. The first-order valence-electron chi connectivity index (χ1n) is 9.50. The van der Waals surface area contributed by atoms with Gasteiger partial charge in [-0.1, -0.05) is 34.1 Å². The molecule has 0 amide bonds. The number of nitrogens with zero attached hydrogens (tertiary/aromatic N) is 3. The van der Waals surface area contributed by atoms with Crippen molar-refractivity contribution < 1.29 is 5.11 Å². The average Bonchev–Trinajstić information content (AvgIpc) is 2.65. The van der Waals surface area contributed by atoms with Crippen LogP contribution in [0.1, 0.15) is 30.0 Å². The Morgan fingerprint density at radius 2 is 1.88 bits per heavy atom. The average molecular weight is 416 g/mol. The van der Waals surface area contributed by atoms with Crippen molar-refractivity contribution in [3.63, 3.8) is 0 Å². The number of rotatable bonds is 4. The van der Waals surface area contributed by atoms with Crippen LogP contribution in [0.5, 0.6) is 0 Å². The molecular formula is C21H26BrN3O. The highest BCUT2D eigenvalue weighted by molar-refractivity contribution is 9.10. The van der Waals surface area contributed by atoms with Gasteiger partial charge in [-0.15, -0.1) is 0 Å². The maximum absolute atomic E-state index is 10.00. The maximum atomic E-state index is 10.00. The fourth-order valence-corrected chi connectivity index (χ4v) is 4.83. The lowest BCUT2D eigenvalue weighted by atomic mass is 9.74. The molecule has 2 aliphatic rings. The van der Waals surface area contributed by atoms with Crippen LogP contribution in [-0.2, 0) is 6.54 Å². The van der Waals surface area contributed by atoms with E-state index in [4.69, 9.17) is 0 Å². The number of aliphatic hydroxyl groups is 1. The van der Waals surface area contributed by atoms with Crippen LogP contribution in [0.2, 0.25) is 0 Å². The van der Waals surface area contributed by atoms with Gasteiger partial charge < -0.3 is 5.11 Å². The van der Waals surface area contributed by atoms with Gasteiger partial charge in [-0.25, -0.2) is 0 Å². The van der Waals surface area contributed by atoms with Crippen molar-refractivity contribution in [3.8, 4) is 0 Å². The number of fused-ring (bicyclic) bond motifs is 1. The molecule has 4 nitrogen and oxygen atoms in total. The lowest BCUT2D eigenvalue weighted by Gasteiger charge is -2.57. The van der Waals surface area contributed by atoms with Gasteiger partial charge in [-0.2, -0.15) is 0 Å². The molecule has 5 heteroatoms. The highest BCUT2D eigenvalue weighted by Gasteiger charge is 2.48. The van der Waals surface area contributed by atoms with E-state index in [1.54, 1.807) is 0 Å². The third kappa shape index (κ3) is 3.72. The van der Waals surface area contributed by atoms with Crippen LogP contribution in [-0.4, -0.2) is 58.2 Å². The van der Waals surface area contributed by atoms with Gasteiger partial charge in [-0.05, 0) is 55.8 Å². The molecule has 0 saturated carbocycles. The summed E-state index contributed by atoms with van der Waals surface area (Å²) in [7, 11) is 0. The first-order valence-corrected chi connectivity index (χ1v) is 10.3. The molecule has 3 atom stereocenters. The van der Waals surface area contributed by atoms with Crippen LogP contribution in [0.4, 0.5) is 0 Å². The lowest BCUT2D eigenvalue weighted by Crippen LogP contribution is -2.67. The number of benzene rings is 1. The van der Waals surface area contributed by atoms with E-state index in [-0.39, 0.29) is 12.6 Å². The fourth-order valence-electron chi connectivity index (χ4n) is 4.56. The van der Waals surface area contributed by atoms with Gasteiger partial charge in [0.25, 0.3) is 0 Å². The summed E-state index contributed by atoms with van der Waals surface area (Å²) in [6.45, 7) is 4.39. The summed E-state index contributed by atoms with van der Waals surface area (Å²) >= 11 is 3.53. The molecule has 0 bridgehead atoms. The summed E-state index contributed by atoms with van der Waals surface area (Å²) in [6.07, 6.45) is 4.28. The number of halogens is 1. The third-order valence-electron chi connectivity index (χ3n) is 5.82. The van der Waals surface area contributed by atoms with Gasteiger partial charge in [0.15, 0.2) is 0 Å². The van der Waals surface area contributed by atoms with E-state index >= 15 is 0 Å². The van der Waals surface area contributed by atoms with E-state index in [2.05, 4.69) is 67.1 Å². The zero-order valence-corrected chi connectivity index (χ0v) is 16.6. The molecule has 0 spiro atoms. The standard InChI is InChI=1S/C21H26BrN3O/c22-17-8-6-16(7-9-17)21-19-14-24(13-18-5-1-2-10-23-18)11-3-4-12-25(19)20(21)15-26/h1-2,5-10,19-21,26H,3-4,11-15H2/t19-,20-,21+/m0/s1. The topological polar surface area (TPSA) is 39.6 Å². The normalized spacial score (nSPS) is 27.2. The quantitative estimate of drug-likeness (QED) is 0.831. The van der Waals surface area contributed by atoms with Gasteiger partial charge in [0.05, 0.1) is 12.3 Å². The molecule has 1 aromatic heterocycles. The number of aliphatic hydroxyl groups excluding tert-OH is 1. The molecule has 2 saturated heterocycles. The zero-order chi connectivity index (χ0) is 17.9. The highest BCUT2D eigenvalue weighted by Crippen LogP contribution is 2.42. The van der Waals surface area contributed by atoms with E-state index < -0.39 is 0 Å². The highest BCUT2D eigenvalue weighted by atomic mass is 79.9. The third-order valence-corrected chi connectivity index (χ3v) is 6.35. The van der Waals surface area contributed by atoms with Crippen molar-refractivity contribution in [2.24, 2.45) is 0 Å². The summed E-state index contributed by atoms with van der Waals surface area (Å²) in [5.74, 6) is 0.400. The molecular weight excluding hydrogens is 390 g/mol. The van der Waals surface area contributed by atoms with Gasteiger partial charge in [0.1, 0.15) is 0 Å². The Morgan fingerprint density at radius 3 is 2.62 bits per heavy atom. The first kappa shape index (κ1) is 18.1. The minimum Gasteiger partial charge on any atom is -0.395 e. The van der Waals surface area contributed by atoms with Crippen molar-refractivity contribution in [1.82, 2.24) is 14.8 Å². The Balaban J connectivity index is 1.54. The minimum absolute atomic E-state index is 0.234. The summed E-state index contributed by atoms with van der Waals surface area (Å²) in [4.78, 5) is 9.57. The van der Waals surface area contributed by atoms with Crippen LogP contribution >= 0.6 is 15.9 Å². The Kier molecular flexibility index (Phi) is 5.69. The van der Waals surface area contributed by atoms with Crippen molar-refractivity contribution in [1.29, 1.82) is 0 Å². The van der Waals surface area contributed by atoms with Crippen LogP contribution < -0.4 is 0 Å². The molecule has 0 unspecified atom stereocenters. The van der Waals surface area contributed by atoms with Crippen molar-refractivity contribution in [2.75, 3.05) is 26.2 Å². The van der Waals surface area contributed by atoms with E-state index in [9.17, 15) is 5.11 Å². The van der Waals surface area contributed by atoms with Crippen LogP contribution in [0.25, 0.3) is 0 Å². The predicted molar refractivity (Wildman–Crippen MR) is 107 cm³/mol.